The van der Waals surface area contributed by atoms with E-state index in [1.54, 1.807) is 0 Å². The van der Waals surface area contributed by atoms with Crippen molar-refractivity contribution in [2.45, 2.75) is 26.2 Å². The summed E-state index contributed by atoms with van der Waals surface area (Å²) in [4.78, 5) is 0. The molecule has 0 saturated carbocycles. The predicted molar refractivity (Wildman–Crippen MR) is 78.7 cm³/mol. The summed E-state index contributed by atoms with van der Waals surface area (Å²) in [5.74, 6) is 1.45. The molecule has 0 atom stereocenters. The highest BCUT2D eigenvalue weighted by atomic mass is 16.5. The molecule has 1 aromatic rings. The molecule has 4 heteroatoms. The highest BCUT2D eigenvalue weighted by Gasteiger charge is 2.14. The Morgan fingerprint density at radius 3 is 2.89 bits per heavy atom. The second-order valence-corrected chi connectivity index (χ2v) is 5.00. The van der Waals surface area contributed by atoms with Crippen LogP contribution in [0.4, 0.5) is 11.4 Å². The second kappa shape index (κ2) is 7.24. The minimum absolute atomic E-state index is 0.674. The van der Waals surface area contributed by atoms with Gasteiger partial charge in [-0.05, 0) is 37.3 Å². The van der Waals surface area contributed by atoms with Crippen LogP contribution in [-0.4, -0.2) is 26.4 Å². The molecule has 0 radical (unpaired) electrons. The first-order chi connectivity index (χ1) is 9.31. The fraction of sp³-hybridized carbons (Fsp3) is 0.600. The monoisotopic (exact) mass is 264 g/mol. The largest absolute Gasteiger partial charge is 0.491 e. The molecule has 4 nitrogen and oxygen atoms in total. The minimum atomic E-state index is 0.674. The van der Waals surface area contributed by atoms with Crippen LogP contribution in [0.25, 0.3) is 0 Å². The van der Waals surface area contributed by atoms with E-state index in [1.807, 2.05) is 18.2 Å². The average Bonchev–Trinajstić information content (AvgIpc) is 2.46. The zero-order chi connectivity index (χ0) is 13.5. The van der Waals surface area contributed by atoms with Gasteiger partial charge in [-0.25, -0.2) is 0 Å². The zero-order valence-corrected chi connectivity index (χ0v) is 11.7. The molecule has 3 N–H and O–H groups in total. The average molecular weight is 264 g/mol. The van der Waals surface area contributed by atoms with Crippen LogP contribution in [0, 0.1) is 5.92 Å². The number of anilines is 2. The van der Waals surface area contributed by atoms with Gasteiger partial charge in [-0.2, -0.15) is 0 Å². The van der Waals surface area contributed by atoms with Crippen molar-refractivity contribution in [2.24, 2.45) is 5.92 Å². The summed E-state index contributed by atoms with van der Waals surface area (Å²) in [6.07, 6.45) is 3.23. The third kappa shape index (κ3) is 4.03. The number of hydrogen-bond donors (Lipinski definition) is 2. The minimum Gasteiger partial charge on any atom is -0.491 e. The molecule has 19 heavy (non-hydrogen) atoms. The Morgan fingerprint density at radius 1 is 1.37 bits per heavy atom. The molecule has 0 aromatic heterocycles. The third-order valence-corrected chi connectivity index (χ3v) is 3.45. The summed E-state index contributed by atoms with van der Waals surface area (Å²) in [5.41, 5.74) is 7.81. The van der Waals surface area contributed by atoms with Crippen molar-refractivity contribution in [3.05, 3.63) is 18.2 Å². The lowest BCUT2D eigenvalue weighted by molar-refractivity contribution is 0.0699. The van der Waals surface area contributed by atoms with Gasteiger partial charge in [0, 0.05) is 19.8 Å². The normalized spacial score (nSPS) is 16.3. The van der Waals surface area contributed by atoms with E-state index >= 15 is 0 Å². The van der Waals surface area contributed by atoms with Gasteiger partial charge >= 0.3 is 0 Å². The Kier molecular flexibility index (Phi) is 5.33. The highest BCUT2D eigenvalue weighted by molar-refractivity contribution is 5.72. The topological polar surface area (TPSA) is 56.5 Å². The lowest BCUT2D eigenvalue weighted by Gasteiger charge is -2.23. The van der Waals surface area contributed by atoms with Crippen molar-refractivity contribution in [3.63, 3.8) is 0 Å². The first-order valence-electron chi connectivity index (χ1n) is 7.14. The zero-order valence-electron chi connectivity index (χ0n) is 11.7. The van der Waals surface area contributed by atoms with Gasteiger partial charge in [0.15, 0.2) is 0 Å². The molecule has 0 bridgehead atoms. The van der Waals surface area contributed by atoms with Gasteiger partial charge in [0.2, 0.25) is 0 Å². The van der Waals surface area contributed by atoms with E-state index in [1.165, 1.54) is 0 Å². The molecule has 0 unspecified atom stereocenters. The molecule has 1 aliphatic rings. The van der Waals surface area contributed by atoms with E-state index in [0.717, 1.165) is 50.5 Å². The van der Waals surface area contributed by atoms with E-state index in [9.17, 15) is 0 Å². The van der Waals surface area contributed by atoms with Gasteiger partial charge < -0.3 is 20.5 Å². The number of nitrogens with two attached hydrogens (primary N) is 1. The maximum absolute atomic E-state index is 6.13. The molecule has 1 saturated heterocycles. The molecule has 106 valence electrons. The van der Waals surface area contributed by atoms with E-state index in [2.05, 4.69) is 12.2 Å². The van der Waals surface area contributed by atoms with Gasteiger partial charge in [-0.15, -0.1) is 0 Å². The first-order valence-corrected chi connectivity index (χ1v) is 7.14. The molecular weight excluding hydrogens is 240 g/mol. The molecule has 1 aromatic carbocycles. The first kappa shape index (κ1) is 14.0. The number of rotatable bonds is 6. The van der Waals surface area contributed by atoms with E-state index in [0.29, 0.717) is 18.2 Å². The van der Waals surface area contributed by atoms with Crippen molar-refractivity contribution in [2.75, 3.05) is 37.4 Å². The quantitative estimate of drug-likeness (QED) is 0.776. The van der Waals surface area contributed by atoms with Crippen LogP contribution in [0.1, 0.15) is 26.2 Å². The molecule has 0 amide bonds. The van der Waals surface area contributed by atoms with Crippen LogP contribution in [0.2, 0.25) is 0 Å². The predicted octanol–water partition coefficient (Wildman–Crippen LogP) is 2.90. The Bertz CT molecular complexity index is 390. The van der Waals surface area contributed by atoms with Crippen LogP contribution in [0.3, 0.4) is 0 Å². The summed E-state index contributed by atoms with van der Waals surface area (Å²) in [6, 6.07) is 5.91. The van der Waals surface area contributed by atoms with Gasteiger partial charge in [0.05, 0.1) is 18.0 Å². The maximum atomic E-state index is 6.13. The number of ether oxygens (including phenoxy) is 2. The summed E-state index contributed by atoms with van der Waals surface area (Å²) in [6.45, 7) is 5.49. The Balaban J connectivity index is 1.91. The van der Waals surface area contributed by atoms with E-state index in [4.69, 9.17) is 15.2 Å². The fourth-order valence-corrected chi connectivity index (χ4v) is 2.24. The van der Waals surface area contributed by atoms with E-state index < -0.39 is 0 Å². The standard InChI is InChI=1S/C15H24N2O2/c1-2-8-19-14-5-3-4-13(15(14)16)17-11-12-6-9-18-10-7-12/h3-5,12,17H,2,6-11,16H2,1H3. The van der Waals surface area contributed by atoms with Crippen molar-refractivity contribution in [3.8, 4) is 5.75 Å². The number of para-hydroxylation sites is 1. The maximum Gasteiger partial charge on any atom is 0.144 e. The van der Waals surface area contributed by atoms with Crippen LogP contribution >= 0.6 is 0 Å². The Hall–Kier alpha value is -1.42. The van der Waals surface area contributed by atoms with Crippen LogP contribution in [-0.2, 0) is 4.74 Å². The molecule has 2 rings (SSSR count). The van der Waals surface area contributed by atoms with Gasteiger partial charge in [-0.3, -0.25) is 0 Å². The van der Waals surface area contributed by atoms with Crippen LogP contribution < -0.4 is 15.8 Å². The third-order valence-electron chi connectivity index (χ3n) is 3.45. The second-order valence-electron chi connectivity index (χ2n) is 5.00. The Labute approximate surface area is 115 Å². The van der Waals surface area contributed by atoms with Crippen molar-refractivity contribution < 1.29 is 9.47 Å². The van der Waals surface area contributed by atoms with Crippen molar-refractivity contribution in [1.29, 1.82) is 0 Å². The molecular formula is C15H24N2O2. The smallest absolute Gasteiger partial charge is 0.144 e. The lowest BCUT2D eigenvalue weighted by Crippen LogP contribution is -2.23. The fourth-order valence-electron chi connectivity index (χ4n) is 2.24. The Morgan fingerprint density at radius 2 is 2.16 bits per heavy atom. The molecule has 1 aliphatic heterocycles. The molecule has 1 heterocycles. The number of nitrogens with one attached hydrogen (secondary N) is 1. The molecule has 1 fully saturated rings. The van der Waals surface area contributed by atoms with Crippen LogP contribution in [0.15, 0.2) is 18.2 Å². The number of hydrogen-bond acceptors (Lipinski definition) is 4. The van der Waals surface area contributed by atoms with Crippen molar-refractivity contribution in [1.82, 2.24) is 0 Å². The summed E-state index contributed by atoms with van der Waals surface area (Å²) >= 11 is 0. The number of benzene rings is 1. The van der Waals surface area contributed by atoms with Gasteiger partial charge in [0.25, 0.3) is 0 Å². The van der Waals surface area contributed by atoms with Gasteiger partial charge in [0.1, 0.15) is 5.75 Å². The summed E-state index contributed by atoms with van der Waals surface area (Å²) in [7, 11) is 0. The molecule has 0 spiro atoms. The van der Waals surface area contributed by atoms with Crippen LogP contribution in [0.5, 0.6) is 5.75 Å². The van der Waals surface area contributed by atoms with E-state index in [-0.39, 0.29) is 0 Å². The molecule has 0 aliphatic carbocycles. The summed E-state index contributed by atoms with van der Waals surface area (Å²) in [5, 5.41) is 3.44. The summed E-state index contributed by atoms with van der Waals surface area (Å²) < 4.78 is 11.0. The SMILES string of the molecule is CCCOc1cccc(NCC2CCOCC2)c1N. The van der Waals surface area contributed by atoms with Crippen molar-refractivity contribution >= 4 is 11.4 Å². The van der Waals surface area contributed by atoms with Gasteiger partial charge in [-0.1, -0.05) is 13.0 Å². The highest BCUT2D eigenvalue weighted by Crippen LogP contribution is 2.30. The lowest BCUT2D eigenvalue weighted by atomic mass is 10.0. The number of nitrogen functional groups attached to an aromatic ring is 1.